The molecular formula is C53H100N4O11. The number of carbonyl (C=O) groups excluding carboxylic acids is 4. The van der Waals surface area contributed by atoms with E-state index >= 15 is 0 Å². The Balaban J connectivity index is 2.44. The highest BCUT2D eigenvalue weighted by Crippen LogP contribution is 2.26. The van der Waals surface area contributed by atoms with E-state index in [-0.39, 0.29) is 18.7 Å². The van der Waals surface area contributed by atoms with Gasteiger partial charge in [-0.05, 0) is 33.1 Å². The molecule has 0 aromatic carbocycles. The van der Waals surface area contributed by atoms with Crippen LogP contribution in [0.3, 0.4) is 0 Å². The van der Waals surface area contributed by atoms with E-state index in [0.717, 1.165) is 44.9 Å². The molecule has 1 saturated heterocycles. The number of aliphatic hydroxyl groups is 2. The molecule has 7 N–H and O–H groups in total. The number of aliphatic hydroxyl groups excluding tert-OH is 2. The smallest absolute Gasteiger partial charge is 0.326 e. The Hall–Kier alpha value is -2.85. The van der Waals surface area contributed by atoms with E-state index in [4.69, 9.17) is 14.2 Å². The molecule has 4 amide bonds. The zero-order valence-electron chi connectivity index (χ0n) is 43.5. The van der Waals surface area contributed by atoms with Gasteiger partial charge in [-0.2, -0.15) is 0 Å². The number of amides is 4. The van der Waals surface area contributed by atoms with Gasteiger partial charge < -0.3 is 50.8 Å². The van der Waals surface area contributed by atoms with Crippen LogP contribution in [0, 0.1) is 0 Å². The zero-order valence-corrected chi connectivity index (χ0v) is 43.5. The highest BCUT2D eigenvalue weighted by molar-refractivity contribution is 5.91. The lowest BCUT2D eigenvalue weighted by molar-refractivity contribution is -0.280. The van der Waals surface area contributed by atoms with Crippen molar-refractivity contribution >= 4 is 29.6 Å². The minimum Gasteiger partial charge on any atom is -0.480 e. The van der Waals surface area contributed by atoms with E-state index in [1.807, 2.05) is 0 Å². The largest absolute Gasteiger partial charge is 0.480 e. The van der Waals surface area contributed by atoms with Crippen molar-refractivity contribution in [2.45, 2.75) is 289 Å². The Bertz CT molecular complexity index is 1310. The van der Waals surface area contributed by atoms with Crippen LogP contribution in [0.5, 0.6) is 0 Å². The summed E-state index contributed by atoms with van der Waals surface area (Å²) >= 11 is 0. The Kier molecular flexibility index (Phi) is 38.9. The third-order valence-corrected chi connectivity index (χ3v) is 13.1. The number of ether oxygens (including phenoxy) is 3. The lowest BCUT2D eigenvalue weighted by Gasteiger charge is -2.44. The summed E-state index contributed by atoms with van der Waals surface area (Å²) in [5, 5.41) is 41.4. The van der Waals surface area contributed by atoms with Crippen molar-refractivity contribution in [1.29, 1.82) is 0 Å². The molecule has 1 heterocycles. The number of nitrogens with one attached hydrogen (secondary N) is 4. The lowest BCUT2D eigenvalue weighted by atomic mass is 9.96. The second-order valence-electron chi connectivity index (χ2n) is 19.5. The minimum atomic E-state index is -1.45. The molecule has 1 aliphatic rings. The quantitative estimate of drug-likeness (QED) is 0.0285. The third-order valence-electron chi connectivity index (χ3n) is 13.1. The van der Waals surface area contributed by atoms with E-state index in [2.05, 4.69) is 35.1 Å². The SMILES string of the molecule is CCCCCCCCCCCCCCCCCCNC(=O)CC[C@@H](NC(=O)[C@H](C)NC(=O)C(C)O[C@H]1[C@H](O)[C@@H](CO)O[C@@H](OCCCCCCCCCCCCCCCC)[C@@H]1NC(C)=O)C(=O)O. The maximum atomic E-state index is 13.3. The van der Waals surface area contributed by atoms with Gasteiger partial charge in [0.15, 0.2) is 6.29 Å². The predicted molar refractivity (Wildman–Crippen MR) is 269 cm³/mol. The Morgan fingerprint density at radius 1 is 0.618 bits per heavy atom. The van der Waals surface area contributed by atoms with Crippen molar-refractivity contribution in [3.05, 3.63) is 0 Å². The van der Waals surface area contributed by atoms with Gasteiger partial charge in [0, 0.05) is 26.5 Å². The van der Waals surface area contributed by atoms with Gasteiger partial charge in [0.25, 0.3) is 0 Å². The second-order valence-corrected chi connectivity index (χ2v) is 19.5. The fraction of sp³-hybridized carbons (Fsp3) is 0.906. The van der Waals surface area contributed by atoms with Crippen molar-refractivity contribution in [3.63, 3.8) is 0 Å². The summed E-state index contributed by atoms with van der Waals surface area (Å²) in [6, 6.07) is -3.57. The van der Waals surface area contributed by atoms with Crippen molar-refractivity contribution < 1.29 is 53.5 Å². The highest BCUT2D eigenvalue weighted by atomic mass is 16.7. The number of carbonyl (C=O) groups is 5. The van der Waals surface area contributed by atoms with Crippen LogP contribution >= 0.6 is 0 Å². The first-order valence-corrected chi connectivity index (χ1v) is 27.4. The lowest BCUT2D eigenvalue weighted by Crippen LogP contribution is -2.66. The second kappa shape index (κ2) is 41.9. The average molecular weight is 969 g/mol. The maximum absolute atomic E-state index is 13.3. The molecule has 0 saturated carbocycles. The number of carboxylic acid groups (broad SMARTS) is 1. The molecule has 0 aromatic rings. The van der Waals surface area contributed by atoms with E-state index < -0.39 is 79.1 Å². The number of hydrogen-bond donors (Lipinski definition) is 7. The molecule has 398 valence electrons. The summed E-state index contributed by atoms with van der Waals surface area (Å²) in [7, 11) is 0. The molecule has 15 nitrogen and oxygen atoms in total. The van der Waals surface area contributed by atoms with Crippen molar-refractivity contribution in [3.8, 4) is 0 Å². The summed E-state index contributed by atoms with van der Waals surface area (Å²) < 4.78 is 17.9. The molecule has 0 bridgehead atoms. The summed E-state index contributed by atoms with van der Waals surface area (Å²) in [5.74, 6) is -3.57. The number of unbranched alkanes of at least 4 members (excludes halogenated alkanes) is 28. The highest BCUT2D eigenvalue weighted by Gasteiger charge is 2.48. The summed E-state index contributed by atoms with van der Waals surface area (Å²) in [6.45, 7) is 8.83. The van der Waals surface area contributed by atoms with Gasteiger partial charge in [-0.25, -0.2) is 4.79 Å². The fourth-order valence-electron chi connectivity index (χ4n) is 8.77. The molecule has 1 aliphatic heterocycles. The molecule has 0 aromatic heterocycles. The van der Waals surface area contributed by atoms with Crippen molar-refractivity contribution in [2.75, 3.05) is 19.8 Å². The molecular weight excluding hydrogens is 869 g/mol. The molecule has 0 spiro atoms. The van der Waals surface area contributed by atoms with Crippen LogP contribution in [0.2, 0.25) is 0 Å². The van der Waals surface area contributed by atoms with Crippen molar-refractivity contribution in [1.82, 2.24) is 21.3 Å². The standard InChI is InChI=1S/C53H100N4O11/c1-6-8-10-12-14-16-18-20-22-23-24-26-28-30-32-34-38-54-46(60)37-36-44(52(64)65)57-50(62)41(3)55-51(63)42(4)67-49-47(56-43(5)59)53(68-45(40-58)48(49)61)66-39-35-33-31-29-27-25-21-19-17-15-13-11-9-7-2/h41-42,44-45,47-49,53,58,61H,6-40H2,1-5H3,(H,54,60)(H,55,63)(H,56,59)(H,57,62)(H,64,65)/t41-,42?,44+,45+,47+,48+,49+,53+/m0/s1. The molecule has 68 heavy (non-hydrogen) atoms. The van der Waals surface area contributed by atoms with Gasteiger partial charge in [-0.3, -0.25) is 19.2 Å². The van der Waals surface area contributed by atoms with E-state index in [9.17, 15) is 39.3 Å². The van der Waals surface area contributed by atoms with Gasteiger partial charge in [0.1, 0.15) is 42.5 Å². The van der Waals surface area contributed by atoms with Gasteiger partial charge in [0.05, 0.1) is 6.61 Å². The van der Waals surface area contributed by atoms with Crippen LogP contribution in [0.25, 0.3) is 0 Å². The Morgan fingerprint density at radius 3 is 1.49 bits per heavy atom. The van der Waals surface area contributed by atoms with Crippen LogP contribution < -0.4 is 21.3 Å². The first-order valence-electron chi connectivity index (χ1n) is 27.4. The first kappa shape index (κ1) is 63.2. The number of hydrogen-bond acceptors (Lipinski definition) is 10. The van der Waals surface area contributed by atoms with Crippen LogP contribution in [0.4, 0.5) is 0 Å². The fourth-order valence-corrected chi connectivity index (χ4v) is 8.77. The van der Waals surface area contributed by atoms with E-state index in [1.54, 1.807) is 0 Å². The molecule has 1 unspecified atom stereocenters. The zero-order chi connectivity index (χ0) is 50.2. The normalized spacial score (nSPS) is 19.5. The molecule has 0 radical (unpaired) electrons. The monoisotopic (exact) mass is 969 g/mol. The van der Waals surface area contributed by atoms with E-state index in [1.165, 1.54) is 168 Å². The van der Waals surface area contributed by atoms with Gasteiger partial charge in [0.2, 0.25) is 23.6 Å². The first-order chi connectivity index (χ1) is 32.9. The number of aliphatic carboxylic acids is 1. The summed E-state index contributed by atoms with van der Waals surface area (Å²) in [5.41, 5.74) is 0. The van der Waals surface area contributed by atoms with Crippen molar-refractivity contribution in [2.24, 2.45) is 0 Å². The molecule has 0 aliphatic carbocycles. The van der Waals surface area contributed by atoms with Crippen LogP contribution in [-0.4, -0.2) is 114 Å². The Labute approximate surface area is 411 Å². The van der Waals surface area contributed by atoms with Crippen LogP contribution in [0.1, 0.15) is 240 Å². The van der Waals surface area contributed by atoms with Gasteiger partial charge in [-0.15, -0.1) is 0 Å². The molecule has 1 rings (SSSR count). The molecule has 8 atom stereocenters. The molecule has 1 fully saturated rings. The van der Waals surface area contributed by atoms with Crippen LogP contribution in [0.15, 0.2) is 0 Å². The molecule has 15 heteroatoms. The summed E-state index contributed by atoms with van der Waals surface area (Å²) in [6.07, 6.45) is 30.8. The van der Waals surface area contributed by atoms with Crippen LogP contribution in [-0.2, 0) is 38.2 Å². The average Bonchev–Trinajstić information content (AvgIpc) is 3.31. The number of rotatable bonds is 45. The van der Waals surface area contributed by atoms with Gasteiger partial charge >= 0.3 is 5.97 Å². The predicted octanol–water partition coefficient (Wildman–Crippen LogP) is 9.07. The van der Waals surface area contributed by atoms with E-state index in [0.29, 0.717) is 13.2 Å². The Morgan fingerprint density at radius 2 is 1.06 bits per heavy atom. The minimum absolute atomic E-state index is 0.0937. The topological polar surface area (TPSA) is 222 Å². The number of carboxylic acids is 1. The maximum Gasteiger partial charge on any atom is 0.326 e. The third kappa shape index (κ3) is 31.4. The summed E-state index contributed by atoms with van der Waals surface area (Å²) in [4.78, 5) is 63.2. The van der Waals surface area contributed by atoms with Gasteiger partial charge in [-0.1, -0.05) is 194 Å².